The molecule has 68 valence electrons. The second-order valence-electron chi connectivity index (χ2n) is 2.49. The Balaban J connectivity index is 2.70. The molecule has 1 aromatic rings. The molecule has 0 radical (unpaired) electrons. The SMILES string of the molecule is CCc1c(N)nnn1CCSC. The molecule has 0 aliphatic heterocycles. The first-order chi connectivity index (χ1) is 5.79. The van der Waals surface area contributed by atoms with Gasteiger partial charge < -0.3 is 5.73 Å². The van der Waals surface area contributed by atoms with E-state index in [9.17, 15) is 0 Å². The van der Waals surface area contributed by atoms with E-state index in [1.54, 1.807) is 11.8 Å². The number of thioether (sulfide) groups is 1. The Bertz CT molecular complexity index is 246. The molecule has 0 aliphatic carbocycles. The van der Waals surface area contributed by atoms with E-state index in [1.807, 2.05) is 4.68 Å². The summed E-state index contributed by atoms with van der Waals surface area (Å²) in [7, 11) is 0. The van der Waals surface area contributed by atoms with Crippen LogP contribution >= 0.6 is 11.8 Å². The van der Waals surface area contributed by atoms with Crippen LogP contribution in [0.25, 0.3) is 0 Å². The summed E-state index contributed by atoms with van der Waals surface area (Å²) < 4.78 is 1.88. The Kier molecular flexibility index (Phi) is 3.40. The summed E-state index contributed by atoms with van der Waals surface area (Å²) in [5.41, 5.74) is 6.67. The fourth-order valence-electron chi connectivity index (χ4n) is 1.07. The number of hydrogen-bond acceptors (Lipinski definition) is 4. The van der Waals surface area contributed by atoms with Crippen molar-refractivity contribution in [2.24, 2.45) is 0 Å². The van der Waals surface area contributed by atoms with Crippen LogP contribution in [0.15, 0.2) is 0 Å². The highest BCUT2D eigenvalue weighted by Crippen LogP contribution is 2.08. The van der Waals surface area contributed by atoms with Gasteiger partial charge in [0.2, 0.25) is 0 Å². The molecular weight excluding hydrogens is 172 g/mol. The zero-order valence-corrected chi connectivity index (χ0v) is 8.27. The summed E-state index contributed by atoms with van der Waals surface area (Å²) in [6.45, 7) is 2.96. The van der Waals surface area contributed by atoms with Gasteiger partial charge in [-0.2, -0.15) is 11.8 Å². The van der Waals surface area contributed by atoms with E-state index >= 15 is 0 Å². The van der Waals surface area contributed by atoms with Gasteiger partial charge in [0.25, 0.3) is 0 Å². The van der Waals surface area contributed by atoms with Crippen molar-refractivity contribution in [3.8, 4) is 0 Å². The monoisotopic (exact) mass is 186 g/mol. The first-order valence-electron chi connectivity index (χ1n) is 3.96. The fourth-order valence-corrected chi connectivity index (χ4v) is 1.42. The van der Waals surface area contributed by atoms with Crippen LogP contribution in [0.4, 0.5) is 5.82 Å². The van der Waals surface area contributed by atoms with Gasteiger partial charge in [-0.1, -0.05) is 12.1 Å². The van der Waals surface area contributed by atoms with Crippen molar-refractivity contribution in [3.05, 3.63) is 5.69 Å². The smallest absolute Gasteiger partial charge is 0.169 e. The van der Waals surface area contributed by atoms with Crippen LogP contribution in [-0.4, -0.2) is 27.0 Å². The molecule has 0 unspecified atom stereocenters. The molecular formula is C7H14N4S. The van der Waals surface area contributed by atoms with Crippen LogP contribution in [0.5, 0.6) is 0 Å². The Hall–Kier alpha value is -0.710. The number of anilines is 1. The minimum atomic E-state index is 0.568. The van der Waals surface area contributed by atoms with Crippen LogP contribution in [-0.2, 0) is 13.0 Å². The quantitative estimate of drug-likeness (QED) is 0.755. The van der Waals surface area contributed by atoms with Crippen LogP contribution in [0.2, 0.25) is 0 Å². The molecule has 0 fully saturated rings. The van der Waals surface area contributed by atoms with Gasteiger partial charge in [-0.25, -0.2) is 4.68 Å². The van der Waals surface area contributed by atoms with Gasteiger partial charge in [0, 0.05) is 5.75 Å². The summed E-state index contributed by atoms with van der Waals surface area (Å²) in [5, 5.41) is 7.77. The predicted molar refractivity (Wildman–Crippen MR) is 52.2 cm³/mol. The lowest BCUT2D eigenvalue weighted by Gasteiger charge is -2.02. The molecule has 0 spiro atoms. The average molecular weight is 186 g/mol. The average Bonchev–Trinajstić information content (AvgIpc) is 2.43. The van der Waals surface area contributed by atoms with Gasteiger partial charge >= 0.3 is 0 Å². The topological polar surface area (TPSA) is 56.7 Å². The van der Waals surface area contributed by atoms with E-state index in [4.69, 9.17) is 5.73 Å². The fraction of sp³-hybridized carbons (Fsp3) is 0.714. The summed E-state index contributed by atoms with van der Waals surface area (Å²) in [5.74, 6) is 1.62. The van der Waals surface area contributed by atoms with Gasteiger partial charge in [0.1, 0.15) is 0 Å². The molecule has 0 amide bonds. The summed E-state index contributed by atoms with van der Waals surface area (Å²) in [6.07, 6.45) is 2.97. The largest absolute Gasteiger partial charge is 0.381 e. The highest BCUT2D eigenvalue weighted by Gasteiger charge is 2.06. The van der Waals surface area contributed by atoms with Crippen molar-refractivity contribution in [1.82, 2.24) is 15.0 Å². The van der Waals surface area contributed by atoms with Gasteiger partial charge in [-0.3, -0.25) is 0 Å². The second-order valence-corrected chi connectivity index (χ2v) is 3.48. The highest BCUT2D eigenvalue weighted by atomic mass is 32.2. The maximum atomic E-state index is 5.62. The number of aryl methyl sites for hydroxylation is 1. The van der Waals surface area contributed by atoms with Crippen molar-refractivity contribution in [1.29, 1.82) is 0 Å². The van der Waals surface area contributed by atoms with Gasteiger partial charge in [0.05, 0.1) is 12.2 Å². The number of aromatic nitrogens is 3. The summed E-state index contributed by atoms with van der Waals surface area (Å²) >= 11 is 1.80. The maximum Gasteiger partial charge on any atom is 0.169 e. The van der Waals surface area contributed by atoms with Crippen LogP contribution in [0, 0.1) is 0 Å². The molecule has 2 N–H and O–H groups in total. The number of nitrogens with zero attached hydrogens (tertiary/aromatic N) is 3. The van der Waals surface area contributed by atoms with Crippen LogP contribution in [0.3, 0.4) is 0 Å². The standard InChI is InChI=1S/C7H14N4S/c1-3-6-7(8)9-10-11(6)4-5-12-2/h3-5,8H2,1-2H3. The third-order valence-electron chi connectivity index (χ3n) is 1.71. The molecule has 0 aliphatic rings. The first-order valence-corrected chi connectivity index (χ1v) is 5.35. The van der Waals surface area contributed by atoms with Crippen molar-refractivity contribution in [2.45, 2.75) is 19.9 Å². The summed E-state index contributed by atoms with van der Waals surface area (Å²) in [6, 6.07) is 0. The number of rotatable bonds is 4. The molecule has 0 atom stereocenters. The van der Waals surface area contributed by atoms with E-state index in [0.29, 0.717) is 5.82 Å². The van der Waals surface area contributed by atoms with E-state index in [1.165, 1.54) is 0 Å². The predicted octanol–water partition coefficient (Wildman–Crippen LogP) is 0.786. The van der Waals surface area contributed by atoms with Crippen molar-refractivity contribution in [2.75, 3.05) is 17.7 Å². The molecule has 0 aromatic carbocycles. The Morgan fingerprint density at radius 1 is 1.58 bits per heavy atom. The molecule has 0 saturated carbocycles. The normalized spacial score (nSPS) is 10.5. The molecule has 0 bridgehead atoms. The maximum absolute atomic E-state index is 5.62. The first kappa shape index (κ1) is 9.38. The van der Waals surface area contributed by atoms with Gasteiger partial charge in [-0.05, 0) is 12.7 Å². The Labute approximate surface area is 76.5 Å². The highest BCUT2D eigenvalue weighted by molar-refractivity contribution is 7.98. The zero-order chi connectivity index (χ0) is 8.97. The molecule has 1 heterocycles. The molecule has 5 heteroatoms. The molecule has 12 heavy (non-hydrogen) atoms. The minimum Gasteiger partial charge on any atom is -0.381 e. The lowest BCUT2D eigenvalue weighted by Crippen LogP contribution is -2.07. The Morgan fingerprint density at radius 2 is 2.33 bits per heavy atom. The van der Waals surface area contributed by atoms with Crippen molar-refractivity contribution >= 4 is 17.6 Å². The second kappa shape index (κ2) is 4.35. The van der Waals surface area contributed by atoms with Gasteiger partial charge in [-0.15, -0.1) is 5.10 Å². The lowest BCUT2D eigenvalue weighted by atomic mass is 10.3. The third kappa shape index (κ3) is 1.91. The van der Waals surface area contributed by atoms with E-state index in [-0.39, 0.29) is 0 Å². The number of nitrogens with two attached hydrogens (primary N) is 1. The Morgan fingerprint density at radius 3 is 2.92 bits per heavy atom. The van der Waals surface area contributed by atoms with Crippen molar-refractivity contribution in [3.63, 3.8) is 0 Å². The van der Waals surface area contributed by atoms with Crippen molar-refractivity contribution < 1.29 is 0 Å². The van der Waals surface area contributed by atoms with E-state index in [0.717, 1.165) is 24.4 Å². The molecule has 0 saturated heterocycles. The van der Waals surface area contributed by atoms with E-state index < -0.39 is 0 Å². The van der Waals surface area contributed by atoms with Gasteiger partial charge in [0.15, 0.2) is 5.82 Å². The third-order valence-corrected chi connectivity index (χ3v) is 2.30. The van der Waals surface area contributed by atoms with Crippen LogP contribution in [0.1, 0.15) is 12.6 Å². The molecule has 4 nitrogen and oxygen atoms in total. The molecule has 1 aromatic heterocycles. The minimum absolute atomic E-state index is 0.568. The number of hydrogen-bond donors (Lipinski definition) is 1. The summed E-state index contributed by atoms with van der Waals surface area (Å²) in [4.78, 5) is 0. The number of nitrogen functional groups attached to an aromatic ring is 1. The van der Waals surface area contributed by atoms with E-state index in [2.05, 4.69) is 23.5 Å². The van der Waals surface area contributed by atoms with Crippen LogP contribution < -0.4 is 5.73 Å². The zero-order valence-electron chi connectivity index (χ0n) is 7.45. The lowest BCUT2D eigenvalue weighted by molar-refractivity contribution is 0.606. The molecule has 1 rings (SSSR count).